The predicted octanol–water partition coefficient (Wildman–Crippen LogP) is 4.55. The minimum atomic E-state index is 0.219. The molecule has 0 spiro atoms. The second-order valence-corrected chi connectivity index (χ2v) is 6.83. The Balaban J connectivity index is 2.11. The van der Waals surface area contributed by atoms with Crippen LogP contribution in [0.4, 0.5) is 0 Å². The number of aromatic nitrogens is 4. The van der Waals surface area contributed by atoms with Gasteiger partial charge in [0.15, 0.2) is 0 Å². The number of rotatable bonds is 4. The van der Waals surface area contributed by atoms with E-state index in [0.29, 0.717) is 0 Å². The van der Waals surface area contributed by atoms with Crippen molar-refractivity contribution in [2.24, 2.45) is 0 Å². The van der Waals surface area contributed by atoms with Gasteiger partial charge in [-0.3, -0.25) is 4.68 Å². The van der Waals surface area contributed by atoms with E-state index < -0.39 is 0 Å². The number of hydrogen-bond acceptors (Lipinski definition) is 5. The summed E-state index contributed by atoms with van der Waals surface area (Å²) in [6.45, 7) is 6.14. The Morgan fingerprint density at radius 2 is 1.67 bits per heavy atom. The smallest absolute Gasteiger partial charge is 0.125 e. The summed E-state index contributed by atoms with van der Waals surface area (Å²) in [5.74, 6) is 2.24. The van der Waals surface area contributed by atoms with Crippen LogP contribution >= 0.6 is 0 Å². The number of benzene rings is 2. The Morgan fingerprint density at radius 3 is 2.30 bits per heavy atom. The van der Waals surface area contributed by atoms with Crippen molar-refractivity contribution in [2.45, 2.75) is 26.8 Å². The van der Waals surface area contributed by atoms with Crippen LogP contribution < -0.4 is 9.47 Å². The number of nitrogens with zero attached hydrogens (tertiary/aromatic N) is 4. The Morgan fingerprint density at radius 1 is 0.963 bits per heavy atom. The van der Waals surface area contributed by atoms with Crippen LogP contribution in [-0.4, -0.2) is 34.0 Å². The van der Waals surface area contributed by atoms with E-state index in [0.717, 1.165) is 50.3 Å². The highest BCUT2D eigenvalue weighted by Crippen LogP contribution is 2.38. The maximum Gasteiger partial charge on any atom is 0.125 e. The van der Waals surface area contributed by atoms with Crippen LogP contribution in [0.2, 0.25) is 0 Å². The molecule has 0 fully saturated rings. The molecule has 0 atom stereocenters. The van der Waals surface area contributed by atoms with Crippen molar-refractivity contribution in [3.05, 3.63) is 42.5 Å². The quantitative estimate of drug-likeness (QED) is 0.533. The van der Waals surface area contributed by atoms with Crippen LogP contribution in [0.1, 0.15) is 25.7 Å². The fourth-order valence-corrected chi connectivity index (χ4v) is 3.40. The molecule has 138 valence electrons. The van der Waals surface area contributed by atoms with E-state index in [2.05, 4.69) is 30.0 Å². The summed E-state index contributed by atoms with van der Waals surface area (Å²) in [5.41, 5.74) is 3.99. The minimum absolute atomic E-state index is 0.219. The molecule has 4 aromatic rings. The second kappa shape index (κ2) is 6.54. The van der Waals surface area contributed by atoms with E-state index in [-0.39, 0.29) is 6.04 Å². The first-order valence-electron chi connectivity index (χ1n) is 8.89. The monoisotopic (exact) mass is 362 g/mol. The van der Waals surface area contributed by atoms with Gasteiger partial charge in [0.25, 0.3) is 0 Å². The third kappa shape index (κ3) is 2.87. The molecule has 0 N–H and O–H groups in total. The molecule has 0 unspecified atom stereocenters. The van der Waals surface area contributed by atoms with Gasteiger partial charge in [0.05, 0.1) is 31.4 Å². The van der Waals surface area contributed by atoms with Crippen molar-refractivity contribution >= 4 is 21.8 Å². The average molecular weight is 362 g/mol. The highest BCUT2D eigenvalue weighted by molar-refractivity contribution is 6.10. The summed E-state index contributed by atoms with van der Waals surface area (Å²) >= 11 is 0. The zero-order valence-electron chi connectivity index (χ0n) is 16.1. The first-order valence-corrected chi connectivity index (χ1v) is 8.89. The van der Waals surface area contributed by atoms with Gasteiger partial charge in [-0.1, -0.05) is 0 Å². The lowest BCUT2D eigenvalue weighted by atomic mass is 9.99. The lowest BCUT2D eigenvalue weighted by molar-refractivity contribution is 0.394. The molecule has 0 saturated carbocycles. The Hall–Kier alpha value is -3.15. The molecule has 4 rings (SSSR count). The van der Waals surface area contributed by atoms with Gasteiger partial charge in [-0.25, -0.2) is 9.97 Å². The third-order valence-electron chi connectivity index (χ3n) is 4.70. The molecule has 6 nitrogen and oxygen atoms in total. The molecule has 2 aromatic heterocycles. The Bertz CT molecular complexity index is 1130. The van der Waals surface area contributed by atoms with Crippen molar-refractivity contribution in [1.29, 1.82) is 0 Å². The summed E-state index contributed by atoms with van der Waals surface area (Å²) in [7, 11) is 3.31. The molecular weight excluding hydrogens is 340 g/mol. The fraction of sp³-hybridized carbons (Fsp3) is 0.286. The van der Waals surface area contributed by atoms with E-state index in [1.807, 2.05) is 42.2 Å². The van der Waals surface area contributed by atoms with Crippen molar-refractivity contribution < 1.29 is 9.47 Å². The van der Waals surface area contributed by atoms with Gasteiger partial charge >= 0.3 is 0 Å². The van der Waals surface area contributed by atoms with Crippen LogP contribution in [-0.2, 0) is 0 Å². The van der Waals surface area contributed by atoms with Gasteiger partial charge in [-0.15, -0.1) is 0 Å². The molecule has 0 saturated heterocycles. The Labute approximate surface area is 157 Å². The predicted molar refractivity (Wildman–Crippen MR) is 106 cm³/mol. The van der Waals surface area contributed by atoms with E-state index >= 15 is 0 Å². The molecular formula is C21H22N4O2. The summed E-state index contributed by atoms with van der Waals surface area (Å²) in [6, 6.07) is 8.20. The number of ether oxygens (including phenoxy) is 2. The lowest BCUT2D eigenvalue weighted by Crippen LogP contribution is -2.03. The van der Waals surface area contributed by atoms with Crippen LogP contribution in [0.25, 0.3) is 32.9 Å². The van der Waals surface area contributed by atoms with E-state index in [9.17, 15) is 0 Å². The molecule has 0 bridgehead atoms. The topological polar surface area (TPSA) is 62.1 Å². The average Bonchev–Trinajstić information content (AvgIpc) is 3.12. The molecule has 0 aliphatic heterocycles. The van der Waals surface area contributed by atoms with Gasteiger partial charge in [-0.2, -0.15) is 5.10 Å². The summed E-state index contributed by atoms with van der Waals surface area (Å²) < 4.78 is 12.9. The zero-order valence-corrected chi connectivity index (χ0v) is 16.1. The Kier molecular flexibility index (Phi) is 4.18. The molecule has 6 heteroatoms. The molecule has 0 amide bonds. The number of fused-ring (bicyclic) bond motifs is 3. The van der Waals surface area contributed by atoms with Gasteiger partial charge in [0.1, 0.15) is 17.3 Å². The van der Waals surface area contributed by atoms with Crippen LogP contribution in [0.15, 0.2) is 36.7 Å². The number of aryl methyl sites for hydroxylation is 1. The van der Waals surface area contributed by atoms with Gasteiger partial charge < -0.3 is 9.47 Å². The van der Waals surface area contributed by atoms with Gasteiger partial charge in [0.2, 0.25) is 0 Å². The largest absolute Gasteiger partial charge is 0.497 e. The van der Waals surface area contributed by atoms with Crippen molar-refractivity contribution in [1.82, 2.24) is 19.7 Å². The fourth-order valence-electron chi connectivity index (χ4n) is 3.40. The van der Waals surface area contributed by atoms with Gasteiger partial charge in [-0.05, 0) is 50.1 Å². The SMILES string of the molecule is COc1cc(OC)cc(-c2cc3cnc(C)nc3c3c2cnn3C(C)C)c1. The molecule has 0 radical (unpaired) electrons. The molecule has 0 aliphatic rings. The maximum absolute atomic E-state index is 5.45. The van der Waals surface area contributed by atoms with Gasteiger partial charge in [0, 0.05) is 29.1 Å². The summed E-state index contributed by atoms with van der Waals surface area (Å²) in [4.78, 5) is 9.09. The lowest BCUT2D eigenvalue weighted by Gasteiger charge is -2.13. The van der Waals surface area contributed by atoms with E-state index in [1.165, 1.54) is 0 Å². The first-order chi connectivity index (χ1) is 13.0. The maximum atomic E-state index is 5.45. The van der Waals surface area contributed by atoms with Crippen molar-refractivity contribution in [3.63, 3.8) is 0 Å². The second-order valence-electron chi connectivity index (χ2n) is 6.83. The van der Waals surface area contributed by atoms with E-state index in [1.54, 1.807) is 14.2 Å². The molecule has 0 aliphatic carbocycles. The first kappa shape index (κ1) is 17.3. The van der Waals surface area contributed by atoms with E-state index in [4.69, 9.17) is 14.5 Å². The van der Waals surface area contributed by atoms with Crippen LogP contribution in [0.5, 0.6) is 11.5 Å². The number of methoxy groups -OCH3 is 2. The van der Waals surface area contributed by atoms with Crippen molar-refractivity contribution in [3.8, 4) is 22.6 Å². The van der Waals surface area contributed by atoms with Crippen LogP contribution in [0, 0.1) is 6.92 Å². The molecule has 2 heterocycles. The highest BCUT2D eigenvalue weighted by atomic mass is 16.5. The molecule has 2 aromatic carbocycles. The summed E-state index contributed by atoms with van der Waals surface area (Å²) in [5, 5.41) is 6.66. The number of hydrogen-bond donors (Lipinski definition) is 0. The van der Waals surface area contributed by atoms with Crippen LogP contribution in [0.3, 0.4) is 0 Å². The van der Waals surface area contributed by atoms with Crippen molar-refractivity contribution in [2.75, 3.05) is 14.2 Å². The third-order valence-corrected chi connectivity index (χ3v) is 4.70. The molecule has 27 heavy (non-hydrogen) atoms. The standard InChI is InChI=1S/C21H22N4O2/c1-12(2)25-21-19(11-23-25)18(8-15-10-22-13(3)24-20(15)21)14-6-16(26-4)9-17(7-14)27-5/h6-12H,1-5H3. The normalized spacial score (nSPS) is 11.5. The minimum Gasteiger partial charge on any atom is -0.497 e. The summed E-state index contributed by atoms with van der Waals surface area (Å²) in [6.07, 6.45) is 3.78. The zero-order chi connectivity index (χ0) is 19.1. The highest BCUT2D eigenvalue weighted by Gasteiger charge is 2.17.